The smallest absolute Gasteiger partial charge is 0.238 e. The molecule has 1 aliphatic rings. The van der Waals surface area contributed by atoms with Crippen molar-refractivity contribution >= 4 is 35.0 Å². The first-order valence-electron chi connectivity index (χ1n) is 7.09. The monoisotopic (exact) mass is 349 g/mol. The maximum atomic E-state index is 12.6. The van der Waals surface area contributed by atoms with Crippen LogP contribution in [0.5, 0.6) is 11.5 Å². The molecule has 23 heavy (non-hydrogen) atoms. The van der Waals surface area contributed by atoms with Crippen LogP contribution in [0.1, 0.15) is 5.56 Å². The molecule has 0 aromatic heterocycles. The van der Waals surface area contributed by atoms with Crippen molar-refractivity contribution in [3.8, 4) is 11.5 Å². The molecule has 1 atom stereocenters. The van der Waals surface area contributed by atoms with E-state index in [4.69, 9.17) is 21.1 Å². The number of anilines is 1. The number of nitrogens with one attached hydrogen (secondary N) is 1. The van der Waals surface area contributed by atoms with Crippen molar-refractivity contribution in [2.45, 2.75) is 16.6 Å². The van der Waals surface area contributed by atoms with E-state index in [1.165, 1.54) is 12.7 Å². The third kappa shape index (κ3) is 3.26. The van der Waals surface area contributed by atoms with E-state index in [9.17, 15) is 4.79 Å². The molecule has 3 rings (SSSR count). The fourth-order valence-corrected chi connectivity index (χ4v) is 3.94. The van der Waals surface area contributed by atoms with Gasteiger partial charge in [-0.15, -0.1) is 11.8 Å². The SMILES string of the molecule is COc1cc(OC)c(NC(=O)C2Cc3ccccc3S2)cc1Cl. The number of ether oxygens (including phenoxy) is 2. The number of hydrogen-bond donors (Lipinski definition) is 1. The van der Waals surface area contributed by atoms with Gasteiger partial charge in [0.05, 0.1) is 30.2 Å². The Bertz CT molecular complexity index is 726. The molecule has 2 aromatic carbocycles. The van der Waals surface area contributed by atoms with Crippen LogP contribution in [0, 0.1) is 0 Å². The van der Waals surface area contributed by atoms with Crippen LogP contribution in [0.3, 0.4) is 0 Å². The quantitative estimate of drug-likeness (QED) is 0.905. The summed E-state index contributed by atoms with van der Waals surface area (Å²) in [6, 6.07) is 11.4. The lowest BCUT2D eigenvalue weighted by molar-refractivity contribution is -0.115. The molecule has 0 aliphatic carbocycles. The summed E-state index contributed by atoms with van der Waals surface area (Å²) < 4.78 is 10.5. The molecule has 0 saturated carbocycles. The van der Waals surface area contributed by atoms with E-state index in [1.807, 2.05) is 18.2 Å². The topological polar surface area (TPSA) is 47.6 Å². The number of carbonyl (C=O) groups excluding carboxylic acids is 1. The van der Waals surface area contributed by atoms with Crippen LogP contribution in [0.4, 0.5) is 5.69 Å². The standard InChI is InChI=1S/C17H16ClNO3S/c1-21-13-9-14(22-2)12(8-11(13)18)19-17(20)16-7-10-5-3-4-6-15(10)23-16/h3-6,8-9,16H,7H2,1-2H3,(H,19,20). The van der Waals surface area contributed by atoms with Gasteiger partial charge in [0, 0.05) is 11.0 Å². The Morgan fingerprint density at radius 1 is 1.22 bits per heavy atom. The predicted octanol–water partition coefficient (Wildman–Crippen LogP) is 4.01. The van der Waals surface area contributed by atoms with Crippen molar-refractivity contribution in [2.24, 2.45) is 0 Å². The van der Waals surface area contributed by atoms with Crippen molar-refractivity contribution < 1.29 is 14.3 Å². The Morgan fingerprint density at radius 3 is 2.65 bits per heavy atom. The lowest BCUT2D eigenvalue weighted by atomic mass is 10.1. The van der Waals surface area contributed by atoms with Gasteiger partial charge in [0.15, 0.2) is 0 Å². The number of methoxy groups -OCH3 is 2. The Hall–Kier alpha value is -1.85. The largest absolute Gasteiger partial charge is 0.495 e. The fourth-order valence-electron chi connectivity index (χ4n) is 2.50. The predicted molar refractivity (Wildman–Crippen MR) is 93.0 cm³/mol. The van der Waals surface area contributed by atoms with Gasteiger partial charge in [-0.05, 0) is 24.1 Å². The highest BCUT2D eigenvalue weighted by atomic mass is 35.5. The zero-order valence-corrected chi connectivity index (χ0v) is 14.3. The zero-order valence-electron chi connectivity index (χ0n) is 12.8. The molecule has 1 aliphatic heterocycles. The van der Waals surface area contributed by atoms with Crippen molar-refractivity contribution in [1.82, 2.24) is 0 Å². The number of halogens is 1. The molecule has 6 heteroatoms. The number of fused-ring (bicyclic) bond motifs is 1. The van der Waals surface area contributed by atoms with Crippen LogP contribution in [0.15, 0.2) is 41.3 Å². The van der Waals surface area contributed by atoms with Gasteiger partial charge in [0.25, 0.3) is 0 Å². The first-order chi connectivity index (χ1) is 11.1. The first kappa shape index (κ1) is 16.0. The molecule has 0 radical (unpaired) electrons. The Labute approximate surface area is 144 Å². The minimum Gasteiger partial charge on any atom is -0.495 e. The highest BCUT2D eigenvalue weighted by molar-refractivity contribution is 8.01. The van der Waals surface area contributed by atoms with Crippen LogP contribution in [0.25, 0.3) is 0 Å². The van der Waals surface area contributed by atoms with Crippen LogP contribution in [0.2, 0.25) is 5.02 Å². The molecule has 1 amide bonds. The minimum atomic E-state index is -0.155. The second-order valence-electron chi connectivity index (χ2n) is 5.09. The third-order valence-electron chi connectivity index (χ3n) is 3.67. The number of carbonyl (C=O) groups is 1. The second-order valence-corrected chi connectivity index (χ2v) is 6.75. The maximum absolute atomic E-state index is 12.6. The number of amides is 1. The first-order valence-corrected chi connectivity index (χ1v) is 8.35. The van der Waals surface area contributed by atoms with E-state index in [0.717, 1.165) is 11.3 Å². The van der Waals surface area contributed by atoms with Gasteiger partial charge < -0.3 is 14.8 Å². The summed E-state index contributed by atoms with van der Waals surface area (Å²) in [5.74, 6) is 0.954. The lowest BCUT2D eigenvalue weighted by Gasteiger charge is -2.15. The van der Waals surface area contributed by atoms with E-state index in [2.05, 4.69) is 11.4 Å². The van der Waals surface area contributed by atoms with E-state index in [-0.39, 0.29) is 11.2 Å². The van der Waals surface area contributed by atoms with E-state index in [1.54, 1.807) is 31.0 Å². The van der Waals surface area contributed by atoms with Gasteiger partial charge >= 0.3 is 0 Å². The minimum absolute atomic E-state index is 0.0641. The Morgan fingerprint density at radius 2 is 1.96 bits per heavy atom. The molecule has 0 saturated heterocycles. The summed E-state index contributed by atoms with van der Waals surface area (Å²) in [7, 11) is 3.07. The maximum Gasteiger partial charge on any atom is 0.238 e. The molecule has 1 N–H and O–H groups in total. The Kier molecular flexibility index (Phi) is 4.68. The van der Waals surface area contributed by atoms with Crippen LogP contribution >= 0.6 is 23.4 Å². The number of benzene rings is 2. The summed E-state index contributed by atoms with van der Waals surface area (Å²) in [5.41, 5.74) is 1.75. The normalized spacial score (nSPS) is 15.9. The third-order valence-corrected chi connectivity index (χ3v) is 5.28. The van der Waals surface area contributed by atoms with Gasteiger partial charge in [0.1, 0.15) is 11.5 Å². The summed E-state index contributed by atoms with van der Waals surface area (Å²) in [5, 5.41) is 3.17. The summed E-state index contributed by atoms with van der Waals surface area (Å²) in [6.45, 7) is 0. The van der Waals surface area contributed by atoms with Crippen molar-refractivity contribution in [3.63, 3.8) is 0 Å². The van der Waals surface area contributed by atoms with Gasteiger partial charge in [-0.2, -0.15) is 0 Å². The van der Waals surface area contributed by atoms with Gasteiger partial charge in [-0.1, -0.05) is 29.8 Å². The molecule has 120 valence electrons. The van der Waals surface area contributed by atoms with E-state index in [0.29, 0.717) is 22.2 Å². The molecule has 0 fully saturated rings. The van der Waals surface area contributed by atoms with Gasteiger partial charge in [-0.3, -0.25) is 4.79 Å². The molecular weight excluding hydrogens is 334 g/mol. The average molecular weight is 350 g/mol. The highest BCUT2D eigenvalue weighted by Gasteiger charge is 2.28. The van der Waals surface area contributed by atoms with E-state index < -0.39 is 0 Å². The molecule has 0 bridgehead atoms. The van der Waals surface area contributed by atoms with Crippen molar-refractivity contribution in [3.05, 3.63) is 47.0 Å². The van der Waals surface area contributed by atoms with Crippen molar-refractivity contribution in [1.29, 1.82) is 0 Å². The fraction of sp³-hybridized carbons (Fsp3) is 0.235. The zero-order chi connectivity index (χ0) is 16.4. The Balaban J connectivity index is 1.78. The highest BCUT2D eigenvalue weighted by Crippen LogP contribution is 2.39. The van der Waals surface area contributed by atoms with Gasteiger partial charge in [0.2, 0.25) is 5.91 Å². The summed E-state index contributed by atoms with van der Waals surface area (Å²) >= 11 is 7.72. The molecule has 4 nitrogen and oxygen atoms in total. The van der Waals surface area contributed by atoms with E-state index >= 15 is 0 Å². The molecule has 0 spiro atoms. The van der Waals surface area contributed by atoms with Crippen LogP contribution < -0.4 is 14.8 Å². The molecular formula is C17H16ClNO3S. The van der Waals surface area contributed by atoms with Crippen LogP contribution in [-0.2, 0) is 11.2 Å². The summed E-state index contributed by atoms with van der Waals surface area (Å²) in [6.07, 6.45) is 0.721. The number of hydrogen-bond acceptors (Lipinski definition) is 4. The summed E-state index contributed by atoms with van der Waals surface area (Å²) in [4.78, 5) is 13.7. The number of thioether (sulfide) groups is 1. The lowest BCUT2D eigenvalue weighted by Crippen LogP contribution is -2.24. The number of rotatable bonds is 4. The van der Waals surface area contributed by atoms with Gasteiger partial charge in [-0.25, -0.2) is 0 Å². The van der Waals surface area contributed by atoms with Crippen LogP contribution in [-0.4, -0.2) is 25.4 Å². The van der Waals surface area contributed by atoms with Crippen molar-refractivity contribution in [2.75, 3.05) is 19.5 Å². The molecule has 1 heterocycles. The molecule has 2 aromatic rings. The second kappa shape index (κ2) is 6.72. The average Bonchev–Trinajstić information content (AvgIpc) is 2.99. The molecule has 1 unspecified atom stereocenters.